The Balaban J connectivity index is 1.47. The predicted octanol–water partition coefficient (Wildman–Crippen LogP) is 1.73. The second kappa shape index (κ2) is 11.0. The van der Waals surface area contributed by atoms with E-state index in [1.807, 2.05) is 35.1 Å². The highest BCUT2D eigenvalue weighted by molar-refractivity contribution is 5.79. The normalized spacial score (nSPS) is 11.3. The van der Waals surface area contributed by atoms with Crippen LogP contribution in [0.1, 0.15) is 19.3 Å². The van der Waals surface area contributed by atoms with Crippen molar-refractivity contribution < 1.29 is 0 Å². The molecule has 0 aliphatic rings. The SMILES string of the molecule is CN=C(NCCCCNc1ccccn1)NCCCn1cccn1. The predicted molar refractivity (Wildman–Crippen MR) is 98.2 cm³/mol. The summed E-state index contributed by atoms with van der Waals surface area (Å²) in [5, 5.41) is 14.2. The average molecular weight is 329 g/mol. The maximum absolute atomic E-state index is 4.24. The summed E-state index contributed by atoms with van der Waals surface area (Å²) in [7, 11) is 1.80. The number of guanidine groups is 1. The largest absolute Gasteiger partial charge is 0.370 e. The first-order valence-corrected chi connectivity index (χ1v) is 8.45. The number of anilines is 1. The average Bonchev–Trinajstić information content (AvgIpc) is 3.14. The molecule has 0 radical (unpaired) electrons. The second-order valence-electron chi connectivity index (χ2n) is 5.40. The molecule has 2 aromatic heterocycles. The number of hydrogen-bond donors (Lipinski definition) is 3. The van der Waals surface area contributed by atoms with Crippen LogP contribution in [0.15, 0.2) is 47.8 Å². The van der Waals surface area contributed by atoms with E-state index in [1.54, 1.807) is 19.4 Å². The first-order valence-electron chi connectivity index (χ1n) is 8.45. The van der Waals surface area contributed by atoms with Crippen LogP contribution in [-0.2, 0) is 6.54 Å². The Kier molecular flexibility index (Phi) is 8.18. The molecule has 0 saturated carbocycles. The zero-order valence-electron chi connectivity index (χ0n) is 14.3. The minimum Gasteiger partial charge on any atom is -0.370 e. The zero-order valence-corrected chi connectivity index (χ0v) is 14.3. The first-order chi connectivity index (χ1) is 11.9. The van der Waals surface area contributed by atoms with Crippen molar-refractivity contribution in [3.05, 3.63) is 42.9 Å². The van der Waals surface area contributed by atoms with E-state index < -0.39 is 0 Å². The van der Waals surface area contributed by atoms with Crippen molar-refractivity contribution in [3.8, 4) is 0 Å². The van der Waals surface area contributed by atoms with Gasteiger partial charge in [0.2, 0.25) is 0 Å². The molecule has 0 spiro atoms. The van der Waals surface area contributed by atoms with E-state index in [0.717, 1.165) is 57.2 Å². The van der Waals surface area contributed by atoms with Crippen LogP contribution in [0.2, 0.25) is 0 Å². The van der Waals surface area contributed by atoms with Crippen LogP contribution < -0.4 is 16.0 Å². The Hall–Kier alpha value is -2.57. The van der Waals surface area contributed by atoms with E-state index >= 15 is 0 Å². The molecule has 0 aliphatic carbocycles. The summed E-state index contributed by atoms with van der Waals surface area (Å²) in [6, 6.07) is 7.82. The van der Waals surface area contributed by atoms with Gasteiger partial charge in [0, 0.05) is 51.8 Å². The molecule has 2 aromatic rings. The molecule has 7 nitrogen and oxygen atoms in total. The van der Waals surface area contributed by atoms with Crippen LogP contribution in [0.4, 0.5) is 5.82 Å². The number of rotatable bonds is 10. The Morgan fingerprint density at radius 2 is 1.88 bits per heavy atom. The molecule has 0 unspecified atom stereocenters. The molecule has 0 aromatic carbocycles. The van der Waals surface area contributed by atoms with Gasteiger partial charge in [-0.1, -0.05) is 6.07 Å². The van der Waals surface area contributed by atoms with Crippen molar-refractivity contribution in [2.45, 2.75) is 25.8 Å². The van der Waals surface area contributed by atoms with E-state index in [9.17, 15) is 0 Å². The lowest BCUT2D eigenvalue weighted by Gasteiger charge is -2.12. The molecule has 7 heteroatoms. The van der Waals surface area contributed by atoms with Gasteiger partial charge in [-0.15, -0.1) is 0 Å². The molecule has 3 N–H and O–H groups in total. The van der Waals surface area contributed by atoms with Crippen LogP contribution in [0.3, 0.4) is 0 Å². The van der Waals surface area contributed by atoms with Crippen molar-refractivity contribution in [2.24, 2.45) is 4.99 Å². The summed E-state index contributed by atoms with van der Waals surface area (Å²) in [5.41, 5.74) is 0. The van der Waals surface area contributed by atoms with E-state index in [0.29, 0.717) is 0 Å². The van der Waals surface area contributed by atoms with Crippen LogP contribution in [-0.4, -0.2) is 47.4 Å². The van der Waals surface area contributed by atoms with Crippen LogP contribution >= 0.6 is 0 Å². The molecule has 2 heterocycles. The molecule has 2 rings (SSSR count). The third-order valence-electron chi connectivity index (χ3n) is 3.51. The smallest absolute Gasteiger partial charge is 0.190 e. The number of aryl methyl sites for hydroxylation is 1. The second-order valence-corrected chi connectivity index (χ2v) is 5.40. The summed E-state index contributed by atoms with van der Waals surface area (Å²) in [4.78, 5) is 8.47. The number of hydrogen-bond acceptors (Lipinski definition) is 4. The summed E-state index contributed by atoms with van der Waals surface area (Å²) in [5.74, 6) is 1.79. The van der Waals surface area contributed by atoms with Crippen molar-refractivity contribution in [1.29, 1.82) is 0 Å². The van der Waals surface area contributed by atoms with Gasteiger partial charge in [-0.3, -0.25) is 9.67 Å². The standard InChI is InChI=1S/C17H27N7/c1-18-17(22-12-6-14-24-15-7-13-23-24)21-11-5-4-10-20-16-8-2-3-9-19-16/h2-3,7-9,13,15H,4-6,10-12,14H2,1H3,(H,19,20)(H2,18,21,22). The van der Waals surface area contributed by atoms with Crippen molar-refractivity contribution in [3.63, 3.8) is 0 Å². The lowest BCUT2D eigenvalue weighted by Crippen LogP contribution is -2.38. The van der Waals surface area contributed by atoms with Gasteiger partial charge in [0.1, 0.15) is 5.82 Å². The summed E-state index contributed by atoms with van der Waals surface area (Å²) < 4.78 is 1.94. The minimum atomic E-state index is 0.855. The Morgan fingerprint density at radius 1 is 1.04 bits per heavy atom. The number of aliphatic imine (C=N–C) groups is 1. The zero-order chi connectivity index (χ0) is 16.9. The lowest BCUT2D eigenvalue weighted by atomic mass is 10.3. The molecular weight excluding hydrogens is 302 g/mol. The molecule has 0 atom stereocenters. The van der Waals surface area contributed by atoms with Crippen LogP contribution in [0, 0.1) is 0 Å². The highest BCUT2D eigenvalue weighted by Gasteiger charge is 1.97. The summed E-state index contributed by atoms with van der Waals surface area (Å²) in [6.45, 7) is 3.62. The van der Waals surface area contributed by atoms with E-state index in [2.05, 4.69) is 31.0 Å². The number of unbranched alkanes of at least 4 members (excludes halogenated alkanes) is 1. The van der Waals surface area contributed by atoms with Gasteiger partial charge in [-0.2, -0.15) is 5.10 Å². The van der Waals surface area contributed by atoms with Crippen LogP contribution in [0.25, 0.3) is 0 Å². The van der Waals surface area contributed by atoms with Crippen molar-refractivity contribution in [2.75, 3.05) is 32.0 Å². The molecule has 0 fully saturated rings. The van der Waals surface area contributed by atoms with Gasteiger partial charge in [0.05, 0.1) is 0 Å². The van der Waals surface area contributed by atoms with Crippen molar-refractivity contribution >= 4 is 11.8 Å². The van der Waals surface area contributed by atoms with E-state index in [1.165, 1.54) is 0 Å². The monoisotopic (exact) mass is 329 g/mol. The van der Waals surface area contributed by atoms with Gasteiger partial charge in [0.25, 0.3) is 0 Å². The lowest BCUT2D eigenvalue weighted by molar-refractivity contribution is 0.569. The fourth-order valence-corrected chi connectivity index (χ4v) is 2.24. The fraction of sp³-hybridized carbons (Fsp3) is 0.471. The minimum absolute atomic E-state index is 0.855. The molecule has 0 aliphatic heterocycles. The number of nitrogens with one attached hydrogen (secondary N) is 3. The maximum Gasteiger partial charge on any atom is 0.190 e. The Labute approximate surface area is 143 Å². The number of nitrogens with zero attached hydrogens (tertiary/aromatic N) is 4. The third kappa shape index (κ3) is 7.13. The Bertz CT molecular complexity index is 566. The van der Waals surface area contributed by atoms with E-state index in [-0.39, 0.29) is 0 Å². The van der Waals surface area contributed by atoms with Gasteiger partial charge >= 0.3 is 0 Å². The summed E-state index contributed by atoms with van der Waals surface area (Å²) >= 11 is 0. The number of aromatic nitrogens is 3. The van der Waals surface area contributed by atoms with Crippen molar-refractivity contribution in [1.82, 2.24) is 25.4 Å². The topological polar surface area (TPSA) is 79.2 Å². The molecule has 130 valence electrons. The molecule has 24 heavy (non-hydrogen) atoms. The van der Waals surface area contributed by atoms with Crippen LogP contribution in [0.5, 0.6) is 0 Å². The Morgan fingerprint density at radius 3 is 2.58 bits per heavy atom. The quantitative estimate of drug-likeness (QED) is 0.351. The van der Waals surface area contributed by atoms with E-state index in [4.69, 9.17) is 0 Å². The highest BCUT2D eigenvalue weighted by Crippen LogP contribution is 2.00. The van der Waals surface area contributed by atoms with Gasteiger partial charge in [-0.05, 0) is 37.5 Å². The highest BCUT2D eigenvalue weighted by atomic mass is 15.3. The number of pyridine rings is 1. The molecule has 0 saturated heterocycles. The third-order valence-corrected chi connectivity index (χ3v) is 3.51. The molecule has 0 amide bonds. The fourth-order valence-electron chi connectivity index (χ4n) is 2.24. The molecule has 0 bridgehead atoms. The van der Waals surface area contributed by atoms with Gasteiger partial charge < -0.3 is 16.0 Å². The van der Waals surface area contributed by atoms with Gasteiger partial charge in [0.15, 0.2) is 5.96 Å². The van der Waals surface area contributed by atoms with Gasteiger partial charge in [-0.25, -0.2) is 4.98 Å². The molecular formula is C17H27N7. The first kappa shape index (κ1) is 17.8. The maximum atomic E-state index is 4.24. The summed E-state index contributed by atoms with van der Waals surface area (Å²) in [6.07, 6.45) is 8.75.